The van der Waals surface area contributed by atoms with Crippen molar-refractivity contribution in [2.45, 2.75) is 6.42 Å². The van der Waals surface area contributed by atoms with Crippen molar-refractivity contribution in [2.75, 3.05) is 5.32 Å². The number of carbonyl (C=O) groups is 1. The number of anilines is 1. The number of hydrogen-bond acceptors (Lipinski definition) is 1. The fraction of sp³-hybridized carbons (Fsp3) is 0.0556. The monoisotopic (exact) mass is 281 g/mol. The lowest BCUT2D eigenvalue weighted by Gasteiger charge is -2.07. The fourth-order valence-electron chi connectivity index (χ4n) is 1.90. The molecule has 0 saturated heterocycles. The summed E-state index contributed by atoms with van der Waals surface area (Å²) in [4.78, 5) is 11.4. The lowest BCUT2D eigenvalue weighted by atomic mass is 10.1. The molecule has 1 N–H and O–H groups in total. The van der Waals surface area contributed by atoms with E-state index in [1.165, 1.54) is 18.2 Å². The largest absolute Gasteiger partial charge is 0.322 e. The van der Waals surface area contributed by atoms with Gasteiger partial charge in [0.2, 0.25) is 5.91 Å². The second kappa shape index (κ2) is 7.20. The van der Waals surface area contributed by atoms with Gasteiger partial charge in [-0.1, -0.05) is 49.1 Å². The zero-order valence-electron chi connectivity index (χ0n) is 11.6. The van der Waals surface area contributed by atoms with Crippen molar-refractivity contribution in [3.8, 4) is 0 Å². The molecule has 0 saturated carbocycles. The second-order valence-corrected chi connectivity index (χ2v) is 4.51. The van der Waals surface area contributed by atoms with Gasteiger partial charge < -0.3 is 5.32 Å². The second-order valence-electron chi connectivity index (χ2n) is 4.51. The van der Waals surface area contributed by atoms with E-state index in [2.05, 4.69) is 11.9 Å². The van der Waals surface area contributed by atoms with E-state index >= 15 is 0 Å². The van der Waals surface area contributed by atoms with Crippen LogP contribution in [0.4, 0.5) is 10.1 Å². The third-order valence-corrected chi connectivity index (χ3v) is 2.98. The van der Waals surface area contributed by atoms with Crippen LogP contribution >= 0.6 is 0 Å². The highest BCUT2D eigenvalue weighted by atomic mass is 19.1. The smallest absolute Gasteiger partial charge is 0.247 e. The van der Waals surface area contributed by atoms with E-state index in [9.17, 15) is 9.18 Å². The third-order valence-electron chi connectivity index (χ3n) is 2.98. The van der Waals surface area contributed by atoms with Crippen LogP contribution in [0.3, 0.4) is 0 Å². The van der Waals surface area contributed by atoms with Crippen LogP contribution in [-0.2, 0) is 11.2 Å². The Morgan fingerprint density at radius 1 is 1.14 bits per heavy atom. The number of halogens is 1. The summed E-state index contributed by atoms with van der Waals surface area (Å²) in [7, 11) is 0. The minimum absolute atomic E-state index is 0.232. The van der Waals surface area contributed by atoms with Crippen molar-refractivity contribution in [2.24, 2.45) is 0 Å². The molecular formula is C18H16FNO. The maximum atomic E-state index is 12.8. The third kappa shape index (κ3) is 4.42. The summed E-state index contributed by atoms with van der Waals surface area (Å²) < 4.78 is 12.8. The molecule has 0 atom stereocenters. The molecule has 2 rings (SSSR count). The molecule has 3 heteroatoms. The summed E-state index contributed by atoms with van der Waals surface area (Å²) in [5.41, 5.74) is 2.71. The van der Waals surface area contributed by atoms with Crippen LogP contribution < -0.4 is 5.32 Å². The molecule has 0 aliphatic rings. The van der Waals surface area contributed by atoms with Gasteiger partial charge in [-0.2, -0.15) is 0 Å². The van der Waals surface area contributed by atoms with Crippen LogP contribution in [0.5, 0.6) is 0 Å². The molecule has 0 radical (unpaired) electrons. The molecule has 2 nitrogen and oxygen atoms in total. The summed E-state index contributed by atoms with van der Waals surface area (Å²) in [6, 6.07) is 13.9. The minimum atomic E-state index is -0.246. The van der Waals surface area contributed by atoms with Gasteiger partial charge in [-0.25, -0.2) is 4.39 Å². The van der Waals surface area contributed by atoms with Gasteiger partial charge in [0, 0.05) is 5.69 Å². The lowest BCUT2D eigenvalue weighted by molar-refractivity contribution is -0.111. The molecule has 0 aliphatic carbocycles. The zero-order chi connectivity index (χ0) is 15.1. The van der Waals surface area contributed by atoms with Gasteiger partial charge in [0.05, 0.1) is 0 Å². The van der Waals surface area contributed by atoms with Gasteiger partial charge in [0.25, 0.3) is 0 Å². The van der Waals surface area contributed by atoms with Crippen molar-refractivity contribution in [1.82, 2.24) is 0 Å². The Kier molecular flexibility index (Phi) is 5.04. The molecule has 0 unspecified atom stereocenters. The van der Waals surface area contributed by atoms with Crippen LogP contribution in [0.25, 0.3) is 6.08 Å². The van der Waals surface area contributed by atoms with E-state index in [-0.39, 0.29) is 11.7 Å². The van der Waals surface area contributed by atoms with E-state index in [1.54, 1.807) is 12.1 Å². The first-order chi connectivity index (χ1) is 10.2. The Bertz CT molecular complexity index is 659. The first kappa shape index (κ1) is 14.7. The number of carbonyl (C=O) groups excluding carboxylic acids is 1. The van der Waals surface area contributed by atoms with Crippen LogP contribution in [0.2, 0.25) is 0 Å². The maximum absolute atomic E-state index is 12.8. The van der Waals surface area contributed by atoms with Crippen molar-refractivity contribution < 1.29 is 9.18 Å². The summed E-state index contributed by atoms with van der Waals surface area (Å²) in [5, 5.41) is 2.78. The number of allylic oxidation sites excluding steroid dienone is 1. The highest BCUT2D eigenvalue weighted by Crippen LogP contribution is 2.16. The van der Waals surface area contributed by atoms with Gasteiger partial charge in [0.1, 0.15) is 5.82 Å². The molecule has 106 valence electrons. The van der Waals surface area contributed by atoms with E-state index in [1.807, 2.05) is 36.4 Å². The van der Waals surface area contributed by atoms with Crippen molar-refractivity contribution >= 4 is 17.7 Å². The van der Waals surface area contributed by atoms with Crippen molar-refractivity contribution in [3.05, 3.63) is 84.2 Å². The molecular weight excluding hydrogens is 265 g/mol. The Hall–Kier alpha value is -2.68. The topological polar surface area (TPSA) is 29.1 Å². The summed E-state index contributed by atoms with van der Waals surface area (Å²) >= 11 is 0. The number of nitrogens with one attached hydrogen (secondary N) is 1. The predicted octanol–water partition coefficient (Wildman–Crippen LogP) is 4.21. The molecule has 1 amide bonds. The predicted molar refractivity (Wildman–Crippen MR) is 84.4 cm³/mol. The molecule has 2 aromatic rings. The molecule has 21 heavy (non-hydrogen) atoms. The molecule has 2 aromatic carbocycles. The first-order valence-corrected chi connectivity index (χ1v) is 6.62. The average Bonchev–Trinajstić information content (AvgIpc) is 2.51. The van der Waals surface area contributed by atoms with Gasteiger partial charge in [-0.05, 0) is 41.8 Å². The number of benzene rings is 2. The Balaban J connectivity index is 2.07. The van der Waals surface area contributed by atoms with E-state index in [4.69, 9.17) is 0 Å². The van der Waals surface area contributed by atoms with E-state index in [0.29, 0.717) is 6.42 Å². The molecule has 0 spiro atoms. The number of rotatable bonds is 5. The Morgan fingerprint density at radius 2 is 1.86 bits per heavy atom. The quantitative estimate of drug-likeness (QED) is 0.817. The number of para-hydroxylation sites is 1. The van der Waals surface area contributed by atoms with Crippen LogP contribution in [0, 0.1) is 5.82 Å². The molecule has 0 fully saturated rings. The summed E-state index contributed by atoms with van der Waals surface area (Å²) in [5.74, 6) is -0.477. The van der Waals surface area contributed by atoms with Gasteiger partial charge in [0.15, 0.2) is 0 Å². The van der Waals surface area contributed by atoms with Crippen LogP contribution in [-0.4, -0.2) is 5.91 Å². The number of hydrogen-bond donors (Lipinski definition) is 1. The molecule has 0 heterocycles. The molecule has 0 aliphatic heterocycles. The average molecular weight is 281 g/mol. The lowest BCUT2D eigenvalue weighted by Crippen LogP contribution is -2.09. The van der Waals surface area contributed by atoms with Crippen LogP contribution in [0.1, 0.15) is 11.1 Å². The normalized spacial score (nSPS) is 10.5. The summed E-state index contributed by atoms with van der Waals surface area (Å²) in [6.07, 6.45) is 5.81. The van der Waals surface area contributed by atoms with Crippen molar-refractivity contribution in [1.29, 1.82) is 0 Å². The van der Waals surface area contributed by atoms with Crippen molar-refractivity contribution in [3.63, 3.8) is 0 Å². The maximum Gasteiger partial charge on any atom is 0.247 e. The minimum Gasteiger partial charge on any atom is -0.322 e. The van der Waals surface area contributed by atoms with Gasteiger partial charge >= 0.3 is 0 Å². The van der Waals surface area contributed by atoms with E-state index < -0.39 is 0 Å². The van der Waals surface area contributed by atoms with Gasteiger partial charge in [-0.3, -0.25) is 4.79 Å². The SMILES string of the molecule is C=CC(=O)Nc1ccccc1C/C=C/c1ccc(F)cc1. The highest BCUT2D eigenvalue weighted by molar-refractivity contribution is 5.99. The van der Waals surface area contributed by atoms with Crippen LogP contribution in [0.15, 0.2) is 67.3 Å². The standard InChI is InChI=1S/C18H16FNO/c1-2-18(21)20-17-9-4-3-7-15(17)8-5-6-14-10-12-16(19)13-11-14/h2-7,9-13H,1,8H2,(H,20,21)/b6-5+. The van der Waals surface area contributed by atoms with E-state index in [0.717, 1.165) is 16.8 Å². The zero-order valence-corrected chi connectivity index (χ0v) is 11.6. The molecule has 0 bridgehead atoms. The Labute approximate surface area is 123 Å². The Morgan fingerprint density at radius 3 is 2.57 bits per heavy atom. The van der Waals surface area contributed by atoms with Gasteiger partial charge in [-0.15, -0.1) is 0 Å². The first-order valence-electron chi connectivity index (χ1n) is 6.62. The molecule has 0 aromatic heterocycles. The number of amides is 1. The highest BCUT2D eigenvalue weighted by Gasteiger charge is 2.02. The summed E-state index contributed by atoms with van der Waals surface area (Å²) in [6.45, 7) is 3.44. The fourth-order valence-corrected chi connectivity index (χ4v) is 1.90.